The molecule has 1 saturated heterocycles. The SMILES string of the molecule is C=CCC(=O)c1ccc(OC2CCN(Cc3ccc4c(c3)c3ccccc3n4CC)CC2)cc1. The van der Waals surface area contributed by atoms with Gasteiger partial charge in [0.15, 0.2) is 5.78 Å². The van der Waals surface area contributed by atoms with Gasteiger partial charge in [0.05, 0.1) is 0 Å². The first-order valence-corrected chi connectivity index (χ1v) is 12.3. The lowest BCUT2D eigenvalue weighted by Gasteiger charge is -2.32. The van der Waals surface area contributed by atoms with Crippen LogP contribution in [0.2, 0.25) is 0 Å². The predicted octanol–water partition coefficient (Wildman–Crippen LogP) is 6.62. The molecule has 0 saturated carbocycles. The number of para-hydroxylation sites is 1. The molecule has 4 heteroatoms. The quantitative estimate of drug-likeness (QED) is 0.223. The van der Waals surface area contributed by atoms with Crippen molar-refractivity contribution in [3.63, 3.8) is 0 Å². The molecule has 1 aliphatic rings. The van der Waals surface area contributed by atoms with E-state index in [1.807, 2.05) is 24.3 Å². The highest BCUT2D eigenvalue weighted by atomic mass is 16.5. The number of aryl methyl sites for hydroxylation is 1. The normalized spacial score (nSPS) is 15.1. The highest BCUT2D eigenvalue weighted by Gasteiger charge is 2.21. The van der Waals surface area contributed by atoms with Crippen LogP contribution in [0, 0.1) is 0 Å². The van der Waals surface area contributed by atoms with Gasteiger partial charge in [0.25, 0.3) is 0 Å². The Morgan fingerprint density at radius 2 is 1.74 bits per heavy atom. The van der Waals surface area contributed by atoms with Crippen molar-refractivity contribution in [2.75, 3.05) is 13.1 Å². The lowest BCUT2D eigenvalue weighted by Crippen LogP contribution is -2.37. The molecule has 2 heterocycles. The second kappa shape index (κ2) is 9.86. The number of Topliss-reactive ketones (excluding diaryl/α,β-unsaturated/α-hetero) is 1. The van der Waals surface area contributed by atoms with E-state index in [-0.39, 0.29) is 11.9 Å². The molecule has 0 N–H and O–H groups in total. The van der Waals surface area contributed by atoms with Gasteiger partial charge in [-0.1, -0.05) is 30.3 Å². The van der Waals surface area contributed by atoms with Gasteiger partial charge in [0.1, 0.15) is 11.9 Å². The Balaban J connectivity index is 1.21. The van der Waals surface area contributed by atoms with Gasteiger partial charge < -0.3 is 9.30 Å². The standard InChI is InChI=1S/C30H32N2O2/c1-3-7-30(33)23-11-13-24(14-12-23)34-25-16-18-31(19-17-25)21-22-10-15-29-27(20-22)26-8-5-6-9-28(26)32(29)4-2/h3,5-6,8-15,20,25H,1,4,7,16-19,21H2,2H3. The largest absolute Gasteiger partial charge is 0.490 e. The Bertz CT molecular complexity index is 1310. The number of nitrogens with zero attached hydrogens (tertiary/aromatic N) is 2. The number of fused-ring (bicyclic) bond motifs is 3. The maximum Gasteiger partial charge on any atom is 0.166 e. The highest BCUT2D eigenvalue weighted by Crippen LogP contribution is 2.30. The maximum absolute atomic E-state index is 12.0. The Labute approximate surface area is 201 Å². The number of benzene rings is 3. The smallest absolute Gasteiger partial charge is 0.166 e. The molecule has 0 radical (unpaired) electrons. The van der Waals surface area contributed by atoms with E-state index >= 15 is 0 Å². The second-order valence-corrected chi connectivity index (χ2v) is 9.15. The molecule has 174 valence electrons. The summed E-state index contributed by atoms with van der Waals surface area (Å²) in [6.45, 7) is 9.83. The van der Waals surface area contributed by atoms with Gasteiger partial charge in [0.2, 0.25) is 0 Å². The van der Waals surface area contributed by atoms with Gasteiger partial charge in [0, 0.05) is 60.0 Å². The van der Waals surface area contributed by atoms with Gasteiger partial charge in [-0.15, -0.1) is 6.58 Å². The summed E-state index contributed by atoms with van der Waals surface area (Å²) in [7, 11) is 0. The summed E-state index contributed by atoms with van der Waals surface area (Å²) >= 11 is 0. The fourth-order valence-corrected chi connectivity index (χ4v) is 5.14. The fraction of sp³-hybridized carbons (Fsp3) is 0.300. The lowest BCUT2D eigenvalue weighted by molar-refractivity contribution is 0.0966. The number of carbonyl (C=O) groups is 1. The van der Waals surface area contributed by atoms with E-state index in [1.165, 1.54) is 27.4 Å². The third kappa shape index (κ3) is 4.51. The summed E-state index contributed by atoms with van der Waals surface area (Å²) in [5, 5.41) is 2.69. The molecule has 4 aromatic rings. The van der Waals surface area contributed by atoms with Crippen LogP contribution in [0.25, 0.3) is 21.8 Å². The van der Waals surface area contributed by atoms with Crippen molar-refractivity contribution < 1.29 is 9.53 Å². The molecular formula is C30H32N2O2. The molecule has 0 bridgehead atoms. The van der Waals surface area contributed by atoms with Crippen molar-refractivity contribution in [1.29, 1.82) is 0 Å². The van der Waals surface area contributed by atoms with Gasteiger partial charge in [-0.3, -0.25) is 9.69 Å². The topological polar surface area (TPSA) is 34.5 Å². The molecule has 1 fully saturated rings. The summed E-state index contributed by atoms with van der Waals surface area (Å²) in [5.41, 5.74) is 4.71. The molecule has 5 rings (SSSR count). The number of rotatable bonds is 8. The lowest BCUT2D eigenvalue weighted by atomic mass is 10.0. The summed E-state index contributed by atoms with van der Waals surface area (Å²) in [6, 6.07) is 23.2. The van der Waals surface area contributed by atoms with E-state index in [1.54, 1.807) is 6.08 Å². The van der Waals surface area contributed by atoms with Crippen LogP contribution in [0.3, 0.4) is 0 Å². The molecule has 1 aromatic heterocycles. The predicted molar refractivity (Wildman–Crippen MR) is 140 cm³/mol. The molecule has 0 unspecified atom stereocenters. The average Bonchev–Trinajstić information content (AvgIpc) is 3.19. The van der Waals surface area contributed by atoms with Crippen molar-refractivity contribution in [3.8, 4) is 5.75 Å². The molecule has 34 heavy (non-hydrogen) atoms. The first-order valence-electron chi connectivity index (χ1n) is 12.3. The Morgan fingerprint density at radius 3 is 2.47 bits per heavy atom. The minimum Gasteiger partial charge on any atom is -0.490 e. The third-order valence-corrected chi connectivity index (χ3v) is 6.90. The average molecular weight is 453 g/mol. The molecule has 4 nitrogen and oxygen atoms in total. The molecule has 0 amide bonds. The van der Waals surface area contributed by atoms with E-state index in [9.17, 15) is 4.79 Å². The summed E-state index contributed by atoms with van der Waals surface area (Å²) < 4.78 is 8.61. The van der Waals surface area contributed by atoms with Crippen LogP contribution in [0.5, 0.6) is 5.75 Å². The number of aromatic nitrogens is 1. The summed E-state index contributed by atoms with van der Waals surface area (Å²) in [4.78, 5) is 14.5. The summed E-state index contributed by atoms with van der Waals surface area (Å²) in [5.74, 6) is 0.929. The van der Waals surface area contributed by atoms with Crippen molar-refractivity contribution in [2.45, 2.75) is 45.4 Å². The molecule has 3 aromatic carbocycles. The van der Waals surface area contributed by atoms with Crippen LogP contribution in [0.15, 0.2) is 79.4 Å². The number of likely N-dealkylation sites (tertiary alicyclic amines) is 1. The minimum atomic E-state index is 0.0901. The number of allylic oxidation sites excluding steroid dienone is 1. The van der Waals surface area contributed by atoms with Crippen LogP contribution in [0.1, 0.15) is 42.1 Å². The van der Waals surface area contributed by atoms with Gasteiger partial charge in [-0.25, -0.2) is 0 Å². The number of carbonyl (C=O) groups excluding carboxylic acids is 1. The first kappa shape index (κ1) is 22.4. The zero-order valence-electron chi connectivity index (χ0n) is 19.9. The van der Waals surface area contributed by atoms with Gasteiger partial charge >= 0.3 is 0 Å². The van der Waals surface area contributed by atoms with Gasteiger partial charge in [-0.2, -0.15) is 0 Å². The van der Waals surface area contributed by atoms with Gasteiger partial charge in [-0.05, 0) is 67.8 Å². The van der Waals surface area contributed by atoms with Crippen LogP contribution in [-0.2, 0) is 13.1 Å². The third-order valence-electron chi connectivity index (χ3n) is 6.90. The number of hydrogen-bond donors (Lipinski definition) is 0. The highest BCUT2D eigenvalue weighted by molar-refractivity contribution is 6.08. The monoisotopic (exact) mass is 452 g/mol. The molecular weight excluding hydrogens is 420 g/mol. The van der Waals surface area contributed by atoms with Crippen LogP contribution in [-0.4, -0.2) is 34.4 Å². The first-order chi connectivity index (χ1) is 16.7. The van der Waals surface area contributed by atoms with Crippen molar-refractivity contribution in [3.05, 3.63) is 90.5 Å². The van der Waals surface area contributed by atoms with Crippen LogP contribution < -0.4 is 4.74 Å². The number of hydrogen-bond acceptors (Lipinski definition) is 3. The molecule has 0 atom stereocenters. The zero-order valence-corrected chi connectivity index (χ0v) is 19.9. The van der Waals surface area contributed by atoms with E-state index in [0.717, 1.165) is 44.8 Å². The van der Waals surface area contributed by atoms with Crippen molar-refractivity contribution >= 4 is 27.6 Å². The number of ketones is 1. The number of ether oxygens (including phenoxy) is 1. The maximum atomic E-state index is 12.0. The van der Waals surface area contributed by atoms with E-state index in [2.05, 4.69) is 65.4 Å². The Hall–Kier alpha value is -3.37. The molecule has 1 aliphatic heterocycles. The molecule has 0 aliphatic carbocycles. The van der Waals surface area contributed by atoms with Crippen LogP contribution >= 0.6 is 0 Å². The minimum absolute atomic E-state index is 0.0901. The van der Waals surface area contributed by atoms with E-state index in [4.69, 9.17) is 4.74 Å². The van der Waals surface area contributed by atoms with Crippen molar-refractivity contribution in [1.82, 2.24) is 9.47 Å². The van der Waals surface area contributed by atoms with Crippen molar-refractivity contribution in [2.24, 2.45) is 0 Å². The van der Waals surface area contributed by atoms with E-state index < -0.39 is 0 Å². The Morgan fingerprint density at radius 1 is 1.00 bits per heavy atom. The second-order valence-electron chi connectivity index (χ2n) is 9.15. The fourth-order valence-electron chi connectivity index (χ4n) is 5.14. The molecule has 0 spiro atoms. The van der Waals surface area contributed by atoms with Crippen LogP contribution in [0.4, 0.5) is 0 Å². The summed E-state index contributed by atoms with van der Waals surface area (Å²) in [6.07, 6.45) is 4.24. The number of piperidine rings is 1. The Kier molecular flexibility index (Phi) is 6.50. The zero-order chi connectivity index (χ0) is 23.5. The van der Waals surface area contributed by atoms with E-state index in [0.29, 0.717) is 12.0 Å².